The first-order chi connectivity index (χ1) is 7.11. The summed E-state index contributed by atoms with van der Waals surface area (Å²) in [5.74, 6) is 0.478. The molecular weight excluding hydrogens is 216 g/mol. The third kappa shape index (κ3) is 3.67. The molecule has 0 aliphatic heterocycles. The maximum atomic E-state index is 10.8. The topological polar surface area (TPSA) is 72.2 Å². The fraction of sp³-hybridized carbons (Fsp3) is 0.333. The fourth-order valence-electron chi connectivity index (χ4n) is 1.11. The van der Waals surface area contributed by atoms with Gasteiger partial charge in [-0.25, -0.2) is 0 Å². The van der Waals surface area contributed by atoms with Crippen LogP contribution in [0.5, 0.6) is 0 Å². The molecule has 1 aromatic rings. The van der Waals surface area contributed by atoms with Gasteiger partial charge in [0, 0.05) is 35.4 Å². The highest BCUT2D eigenvalue weighted by molar-refractivity contribution is 7.84. The smallest absolute Gasteiger partial charge is 0.292 e. The van der Waals surface area contributed by atoms with Gasteiger partial charge in [-0.1, -0.05) is 12.1 Å². The lowest BCUT2D eigenvalue weighted by Gasteiger charge is -2.05. The van der Waals surface area contributed by atoms with Gasteiger partial charge >= 0.3 is 0 Å². The maximum absolute atomic E-state index is 10.8. The largest absolute Gasteiger partial charge is 0.379 e. The Hall–Kier alpha value is -1.43. The first kappa shape index (κ1) is 11.6. The molecule has 0 spiro atoms. The number of nitrogens with one attached hydrogen (secondary N) is 1. The summed E-state index contributed by atoms with van der Waals surface area (Å²) in [4.78, 5) is 10.2. The van der Waals surface area contributed by atoms with Crippen LogP contribution in [0.4, 0.5) is 11.4 Å². The zero-order valence-electron chi connectivity index (χ0n) is 8.30. The molecule has 0 bridgehead atoms. The molecule has 1 N–H and O–H groups in total. The fourth-order valence-corrected chi connectivity index (χ4v) is 1.50. The van der Waals surface area contributed by atoms with Crippen molar-refractivity contribution < 1.29 is 9.13 Å². The number of hydrogen-bond donors (Lipinski definition) is 1. The Bertz CT molecular complexity index is 381. The Morgan fingerprint density at radius 3 is 2.73 bits per heavy atom. The molecule has 0 fully saturated rings. The van der Waals surface area contributed by atoms with Gasteiger partial charge in [0.1, 0.15) is 5.69 Å². The predicted octanol–water partition coefficient (Wildman–Crippen LogP) is 1.39. The molecule has 1 rings (SSSR count). The van der Waals surface area contributed by atoms with Crippen molar-refractivity contribution in [1.29, 1.82) is 0 Å². The molecule has 0 radical (unpaired) electrons. The number of nitrogens with zero attached hydrogens (tertiary/aromatic N) is 1. The maximum Gasteiger partial charge on any atom is 0.292 e. The van der Waals surface area contributed by atoms with Gasteiger partial charge in [-0.2, -0.15) is 0 Å². The Balaban J connectivity index is 2.67. The second kappa shape index (κ2) is 5.45. The van der Waals surface area contributed by atoms with Crippen molar-refractivity contribution in [2.24, 2.45) is 0 Å². The molecule has 15 heavy (non-hydrogen) atoms. The summed E-state index contributed by atoms with van der Waals surface area (Å²) in [6.45, 7) is 0.466. The predicted molar refractivity (Wildman–Crippen MR) is 60.5 cm³/mol. The van der Waals surface area contributed by atoms with Crippen LogP contribution >= 0.6 is 0 Å². The van der Waals surface area contributed by atoms with Crippen molar-refractivity contribution in [3.63, 3.8) is 0 Å². The van der Waals surface area contributed by atoms with E-state index in [0.29, 0.717) is 18.0 Å². The first-order valence-corrected chi connectivity index (χ1v) is 6.11. The molecule has 0 saturated carbocycles. The SMILES string of the molecule is CS(=O)CCNc1ccccc1[N+](=O)[O-]. The molecule has 0 amide bonds. The minimum Gasteiger partial charge on any atom is -0.379 e. The quantitative estimate of drug-likeness (QED) is 0.610. The van der Waals surface area contributed by atoms with Gasteiger partial charge in [0.05, 0.1) is 4.92 Å². The van der Waals surface area contributed by atoms with E-state index >= 15 is 0 Å². The normalized spacial score (nSPS) is 12.1. The molecule has 0 aromatic heterocycles. The zero-order valence-corrected chi connectivity index (χ0v) is 9.12. The number of hydrogen-bond acceptors (Lipinski definition) is 4. The van der Waals surface area contributed by atoms with Crippen LogP contribution < -0.4 is 5.32 Å². The lowest BCUT2D eigenvalue weighted by Crippen LogP contribution is -2.10. The van der Waals surface area contributed by atoms with Gasteiger partial charge in [0.25, 0.3) is 5.69 Å². The number of anilines is 1. The number of nitro benzene ring substituents is 1. The summed E-state index contributed by atoms with van der Waals surface area (Å²) in [7, 11) is -0.889. The van der Waals surface area contributed by atoms with Crippen LogP contribution in [0.1, 0.15) is 0 Å². The van der Waals surface area contributed by atoms with Crippen LogP contribution in [0.25, 0.3) is 0 Å². The summed E-state index contributed by atoms with van der Waals surface area (Å²) in [6, 6.07) is 6.40. The van der Waals surface area contributed by atoms with Crippen molar-refractivity contribution in [2.75, 3.05) is 23.9 Å². The summed E-state index contributed by atoms with van der Waals surface area (Å²) < 4.78 is 10.8. The lowest BCUT2D eigenvalue weighted by atomic mass is 10.2. The first-order valence-electron chi connectivity index (χ1n) is 4.38. The highest BCUT2D eigenvalue weighted by Gasteiger charge is 2.11. The van der Waals surface area contributed by atoms with E-state index in [9.17, 15) is 14.3 Å². The monoisotopic (exact) mass is 228 g/mol. The number of benzene rings is 1. The third-order valence-electron chi connectivity index (χ3n) is 1.81. The Morgan fingerprint density at radius 2 is 2.13 bits per heavy atom. The van der Waals surface area contributed by atoms with Gasteiger partial charge in [0.15, 0.2) is 0 Å². The molecule has 1 atom stereocenters. The summed E-state index contributed by atoms with van der Waals surface area (Å²) >= 11 is 0. The molecule has 0 aliphatic carbocycles. The van der Waals surface area contributed by atoms with Crippen LogP contribution in [0.15, 0.2) is 24.3 Å². The van der Waals surface area contributed by atoms with Gasteiger partial charge < -0.3 is 5.32 Å². The van der Waals surface area contributed by atoms with Crippen LogP contribution in [0, 0.1) is 10.1 Å². The second-order valence-electron chi connectivity index (χ2n) is 2.98. The molecule has 1 aromatic carbocycles. The Labute approximate surface area is 90.1 Å². The van der Waals surface area contributed by atoms with Crippen LogP contribution in [0.2, 0.25) is 0 Å². The van der Waals surface area contributed by atoms with E-state index in [4.69, 9.17) is 0 Å². The van der Waals surface area contributed by atoms with E-state index in [1.165, 1.54) is 6.07 Å². The van der Waals surface area contributed by atoms with Crippen molar-refractivity contribution in [3.05, 3.63) is 34.4 Å². The van der Waals surface area contributed by atoms with E-state index in [1.54, 1.807) is 24.5 Å². The number of rotatable bonds is 5. The van der Waals surface area contributed by atoms with Gasteiger partial charge in [-0.3, -0.25) is 14.3 Å². The van der Waals surface area contributed by atoms with E-state index in [1.807, 2.05) is 0 Å². The average molecular weight is 228 g/mol. The molecule has 0 aliphatic rings. The van der Waals surface area contributed by atoms with Gasteiger partial charge in [-0.15, -0.1) is 0 Å². The zero-order chi connectivity index (χ0) is 11.3. The molecule has 1 unspecified atom stereocenters. The van der Waals surface area contributed by atoms with E-state index in [0.717, 1.165) is 0 Å². The van der Waals surface area contributed by atoms with Crippen molar-refractivity contribution >= 4 is 22.2 Å². The summed E-state index contributed by atoms with van der Waals surface area (Å²) in [5.41, 5.74) is 0.507. The lowest BCUT2D eigenvalue weighted by molar-refractivity contribution is -0.384. The third-order valence-corrected chi connectivity index (χ3v) is 2.58. The van der Waals surface area contributed by atoms with E-state index < -0.39 is 15.7 Å². The molecule has 0 saturated heterocycles. The highest BCUT2D eigenvalue weighted by Crippen LogP contribution is 2.22. The molecular formula is C9H12N2O3S. The summed E-state index contributed by atoms with van der Waals surface area (Å²) in [5, 5.41) is 13.5. The van der Waals surface area contributed by atoms with Crippen molar-refractivity contribution in [2.45, 2.75) is 0 Å². The molecule has 0 heterocycles. The minimum absolute atomic E-state index is 0.0411. The Morgan fingerprint density at radius 1 is 1.47 bits per heavy atom. The van der Waals surface area contributed by atoms with Gasteiger partial charge in [0.2, 0.25) is 0 Å². The van der Waals surface area contributed by atoms with E-state index in [-0.39, 0.29) is 5.69 Å². The average Bonchev–Trinajstić information content (AvgIpc) is 2.17. The van der Waals surface area contributed by atoms with E-state index in [2.05, 4.69) is 5.32 Å². The molecule has 6 heteroatoms. The standard InChI is InChI=1S/C9H12N2O3S/c1-15(14)7-6-10-8-4-2-3-5-9(8)11(12)13/h2-5,10H,6-7H2,1H3. The van der Waals surface area contributed by atoms with Crippen LogP contribution in [-0.4, -0.2) is 27.7 Å². The highest BCUT2D eigenvalue weighted by atomic mass is 32.2. The van der Waals surface area contributed by atoms with Crippen LogP contribution in [-0.2, 0) is 10.8 Å². The van der Waals surface area contributed by atoms with Crippen LogP contribution in [0.3, 0.4) is 0 Å². The second-order valence-corrected chi connectivity index (χ2v) is 4.53. The molecule has 82 valence electrons. The minimum atomic E-state index is -0.889. The summed E-state index contributed by atoms with van der Waals surface area (Å²) in [6.07, 6.45) is 1.60. The molecule has 5 nitrogen and oxygen atoms in total. The van der Waals surface area contributed by atoms with Crippen molar-refractivity contribution in [1.82, 2.24) is 0 Å². The van der Waals surface area contributed by atoms with Crippen molar-refractivity contribution in [3.8, 4) is 0 Å². The number of nitro groups is 1. The number of para-hydroxylation sites is 2. The Kier molecular flexibility index (Phi) is 4.23. The van der Waals surface area contributed by atoms with Gasteiger partial charge in [-0.05, 0) is 6.07 Å².